The molecule has 2 saturated carbocycles. The Labute approximate surface area is 98.6 Å². The second kappa shape index (κ2) is 4.47. The molecule has 0 spiro atoms. The molecule has 0 nitrogen and oxygen atoms in total. The van der Waals surface area contributed by atoms with E-state index >= 15 is 0 Å². The molecule has 2 rings (SSSR count). The Bertz CT molecular complexity index is 251. The molecule has 0 aromatic carbocycles. The van der Waals surface area contributed by atoms with Gasteiger partial charge in [-0.25, -0.2) is 0 Å². The maximum absolute atomic E-state index is 8.52. The van der Waals surface area contributed by atoms with Gasteiger partial charge in [0.1, 0.15) is 0 Å². The van der Waals surface area contributed by atoms with Crippen molar-refractivity contribution in [3.63, 3.8) is 0 Å². The smallest absolute Gasteiger partial charge is 0.0275 e. The molecule has 0 heterocycles. The molecule has 2 fully saturated rings. The third-order valence-electron chi connectivity index (χ3n) is 4.08. The van der Waals surface area contributed by atoms with E-state index in [1.807, 2.05) is 0 Å². The predicted octanol–water partition coefficient (Wildman–Crippen LogP) is 5.03. The molecule has 0 heteroatoms. The minimum absolute atomic E-state index is 0.226. The van der Waals surface area contributed by atoms with Gasteiger partial charge in [0, 0.05) is 2.74 Å². The summed E-state index contributed by atoms with van der Waals surface area (Å²) in [6.45, 7) is 6.19. The number of hydrogen-bond donors (Lipinski definition) is 0. The molecule has 2 atom stereocenters. The van der Waals surface area contributed by atoms with Crippen LogP contribution >= 0.6 is 0 Å². The van der Waals surface area contributed by atoms with Gasteiger partial charge in [0.15, 0.2) is 0 Å². The summed E-state index contributed by atoms with van der Waals surface area (Å²) in [5, 5.41) is 0. The van der Waals surface area contributed by atoms with E-state index in [2.05, 4.69) is 20.8 Å². The number of rotatable bonds is 1. The van der Waals surface area contributed by atoms with E-state index in [1.54, 1.807) is 0 Å². The van der Waals surface area contributed by atoms with Crippen LogP contribution < -0.4 is 0 Å². The summed E-state index contributed by atoms with van der Waals surface area (Å²) in [4.78, 5) is 0. The summed E-state index contributed by atoms with van der Waals surface area (Å²) in [6, 6.07) is 0. The molecular formula is C15H28. The third kappa shape index (κ3) is 3.50. The Morgan fingerprint density at radius 2 is 1.53 bits per heavy atom. The Hall–Kier alpha value is 0. The highest BCUT2D eigenvalue weighted by Gasteiger charge is 2.30. The lowest BCUT2D eigenvalue weighted by atomic mass is 9.76. The molecule has 0 N–H and O–H groups in total. The van der Waals surface area contributed by atoms with E-state index in [0.717, 1.165) is 24.7 Å². The zero-order chi connectivity index (χ0) is 12.7. The zero-order valence-corrected chi connectivity index (χ0v) is 10.7. The fourth-order valence-corrected chi connectivity index (χ4v) is 3.56. The van der Waals surface area contributed by atoms with Crippen molar-refractivity contribution < 1.29 is 2.74 Å². The summed E-state index contributed by atoms with van der Waals surface area (Å²) in [5.74, 6) is 1.91. The standard InChI is InChI=1S/C15H28/c1-15(2,3)11-14-9-12-5-4-6-13(10-14)8-7-12/h12-14H,4-11H2,1-3H3/i11D2. The van der Waals surface area contributed by atoms with Crippen molar-refractivity contribution in [1.29, 1.82) is 0 Å². The van der Waals surface area contributed by atoms with Crippen LogP contribution in [0.3, 0.4) is 0 Å². The van der Waals surface area contributed by atoms with Crippen molar-refractivity contribution in [3.05, 3.63) is 0 Å². The van der Waals surface area contributed by atoms with Gasteiger partial charge in [-0.1, -0.05) is 52.9 Å². The average Bonchev–Trinajstić information content (AvgIpc) is 2.47. The number of fused-ring (bicyclic) bond motifs is 3. The van der Waals surface area contributed by atoms with E-state index in [0.29, 0.717) is 5.92 Å². The molecule has 2 unspecified atom stereocenters. The molecule has 2 aliphatic carbocycles. The van der Waals surface area contributed by atoms with Crippen LogP contribution in [0.25, 0.3) is 0 Å². The van der Waals surface area contributed by atoms with Gasteiger partial charge in [-0.15, -0.1) is 0 Å². The Kier molecular flexibility index (Phi) is 2.71. The van der Waals surface area contributed by atoms with Crippen LogP contribution in [0, 0.1) is 23.2 Å². The minimum atomic E-state index is -1.01. The molecule has 88 valence electrons. The van der Waals surface area contributed by atoms with Gasteiger partial charge in [-0.2, -0.15) is 0 Å². The van der Waals surface area contributed by atoms with Crippen molar-refractivity contribution >= 4 is 0 Å². The van der Waals surface area contributed by atoms with Crippen LogP contribution in [-0.2, 0) is 0 Å². The van der Waals surface area contributed by atoms with Crippen molar-refractivity contribution in [2.75, 3.05) is 0 Å². The first-order chi connectivity index (χ1) is 7.80. The van der Waals surface area contributed by atoms with Gasteiger partial charge in [-0.05, 0) is 42.4 Å². The summed E-state index contributed by atoms with van der Waals surface area (Å²) >= 11 is 0. The molecule has 0 aromatic heterocycles. The molecule has 2 aliphatic rings. The molecular weight excluding hydrogens is 180 g/mol. The normalized spacial score (nSPS) is 40.3. The van der Waals surface area contributed by atoms with Gasteiger partial charge >= 0.3 is 0 Å². The van der Waals surface area contributed by atoms with Gasteiger partial charge in [0.05, 0.1) is 0 Å². The maximum Gasteiger partial charge on any atom is 0.0275 e. The van der Waals surface area contributed by atoms with Crippen LogP contribution in [-0.4, -0.2) is 0 Å². The summed E-state index contributed by atoms with van der Waals surface area (Å²) in [7, 11) is 0. The summed E-state index contributed by atoms with van der Waals surface area (Å²) < 4.78 is 17.0. The van der Waals surface area contributed by atoms with Crippen molar-refractivity contribution in [3.8, 4) is 0 Å². The monoisotopic (exact) mass is 210 g/mol. The molecule has 0 aromatic rings. The second-order valence-electron chi connectivity index (χ2n) is 6.80. The highest BCUT2D eigenvalue weighted by atomic mass is 14.4. The summed E-state index contributed by atoms with van der Waals surface area (Å²) in [6.07, 6.45) is 8.09. The molecule has 0 aliphatic heterocycles. The average molecular weight is 210 g/mol. The van der Waals surface area contributed by atoms with Crippen LogP contribution in [0.2, 0.25) is 0 Å². The van der Waals surface area contributed by atoms with E-state index in [4.69, 9.17) is 2.74 Å². The van der Waals surface area contributed by atoms with Crippen molar-refractivity contribution in [1.82, 2.24) is 0 Å². The lowest BCUT2D eigenvalue weighted by Crippen LogP contribution is -2.18. The molecule has 2 bridgehead atoms. The van der Waals surface area contributed by atoms with Gasteiger partial charge < -0.3 is 0 Å². The van der Waals surface area contributed by atoms with Gasteiger partial charge in [0.25, 0.3) is 0 Å². The van der Waals surface area contributed by atoms with E-state index in [9.17, 15) is 0 Å². The van der Waals surface area contributed by atoms with E-state index in [1.165, 1.54) is 32.1 Å². The van der Waals surface area contributed by atoms with Crippen molar-refractivity contribution in [2.24, 2.45) is 23.2 Å². The highest BCUT2D eigenvalue weighted by molar-refractivity contribution is 4.82. The Morgan fingerprint density at radius 3 is 2.00 bits per heavy atom. The fraction of sp³-hybridized carbons (Fsp3) is 1.00. The third-order valence-corrected chi connectivity index (χ3v) is 4.08. The number of hydrogen-bond acceptors (Lipinski definition) is 0. The quantitative estimate of drug-likeness (QED) is 0.569. The van der Waals surface area contributed by atoms with E-state index in [-0.39, 0.29) is 5.41 Å². The maximum atomic E-state index is 8.52. The van der Waals surface area contributed by atoms with Crippen LogP contribution in [0.15, 0.2) is 0 Å². The second-order valence-corrected chi connectivity index (χ2v) is 6.80. The first-order valence-corrected chi connectivity index (χ1v) is 6.80. The largest absolute Gasteiger partial charge is 0.0602 e. The first-order valence-electron chi connectivity index (χ1n) is 7.80. The lowest BCUT2D eigenvalue weighted by Gasteiger charge is -2.30. The SMILES string of the molecule is [2H]C([2H])(C1CC2CCCC(CC2)C1)C(C)(C)C. The summed E-state index contributed by atoms with van der Waals surface area (Å²) in [5.41, 5.74) is -0.226. The highest BCUT2D eigenvalue weighted by Crippen LogP contribution is 2.43. The first kappa shape index (κ1) is 9.07. The fourth-order valence-electron chi connectivity index (χ4n) is 3.56. The van der Waals surface area contributed by atoms with Crippen molar-refractivity contribution in [2.45, 2.75) is 72.1 Å². The van der Waals surface area contributed by atoms with Gasteiger partial charge in [-0.3, -0.25) is 0 Å². The van der Waals surface area contributed by atoms with Crippen LogP contribution in [0.5, 0.6) is 0 Å². The minimum Gasteiger partial charge on any atom is -0.0602 e. The predicted molar refractivity (Wildman–Crippen MR) is 66.9 cm³/mol. The lowest BCUT2D eigenvalue weighted by molar-refractivity contribution is 0.217. The Balaban J connectivity index is 2.16. The van der Waals surface area contributed by atoms with Crippen LogP contribution in [0.1, 0.15) is 74.8 Å². The van der Waals surface area contributed by atoms with Gasteiger partial charge in [0.2, 0.25) is 0 Å². The molecule has 15 heavy (non-hydrogen) atoms. The van der Waals surface area contributed by atoms with E-state index < -0.39 is 6.37 Å². The molecule has 0 saturated heterocycles. The molecule has 0 amide bonds. The Morgan fingerprint density at radius 1 is 1.00 bits per heavy atom. The van der Waals surface area contributed by atoms with Crippen LogP contribution in [0.4, 0.5) is 0 Å². The topological polar surface area (TPSA) is 0 Å². The zero-order valence-electron chi connectivity index (χ0n) is 12.7. The molecule has 0 radical (unpaired) electrons.